The number of aromatic hydroxyl groups is 1. The Balaban J connectivity index is 1.48. The Kier molecular flexibility index (Phi) is 10.6. The molecule has 1 saturated heterocycles. The molecular weight excluding hydrogens is 494 g/mol. The van der Waals surface area contributed by atoms with Gasteiger partial charge in [-0.25, -0.2) is 0 Å². The number of carbonyl (C=O) groups is 2. The highest BCUT2D eigenvalue weighted by Crippen LogP contribution is 2.47. The molecule has 2 N–H and O–H groups in total. The van der Waals surface area contributed by atoms with Crippen molar-refractivity contribution in [3.8, 4) is 11.5 Å². The molecule has 3 aliphatic rings. The number of esters is 1. The molecular formula is C32H49NO6. The van der Waals surface area contributed by atoms with Gasteiger partial charge in [-0.1, -0.05) is 45.1 Å². The third kappa shape index (κ3) is 8.36. The lowest BCUT2D eigenvalue weighted by Crippen LogP contribution is -2.27. The Morgan fingerprint density at radius 2 is 1.87 bits per heavy atom. The van der Waals surface area contributed by atoms with Crippen molar-refractivity contribution in [1.29, 1.82) is 0 Å². The van der Waals surface area contributed by atoms with Gasteiger partial charge < -0.3 is 24.6 Å². The van der Waals surface area contributed by atoms with E-state index in [1.807, 2.05) is 17.0 Å². The maximum absolute atomic E-state index is 13.0. The monoisotopic (exact) mass is 543 g/mol. The summed E-state index contributed by atoms with van der Waals surface area (Å²) in [7, 11) is 0. The number of phenolic OH excluding ortho intramolecular Hbond substituents is 1. The van der Waals surface area contributed by atoms with Crippen LogP contribution in [-0.2, 0) is 27.3 Å². The van der Waals surface area contributed by atoms with Crippen molar-refractivity contribution in [2.75, 3.05) is 6.54 Å². The van der Waals surface area contributed by atoms with Gasteiger partial charge in [-0.3, -0.25) is 9.59 Å². The summed E-state index contributed by atoms with van der Waals surface area (Å²) in [4.78, 5) is 26.7. The van der Waals surface area contributed by atoms with Crippen LogP contribution in [-0.4, -0.2) is 51.8 Å². The third-order valence-corrected chi connectivity index (χ3v) is 9.00. The second kappa shape index (κ2) is 13.9. The Bertz CT molecular complexity index is 966. The molecule has 0 radical (unpaired) electrons. The average Bonchev–Trinajstić information content (AvgIpc) is 3.63. The molecule has 4 rings (SSSR count). The SMILES string of the molecule is CCCCC[C@H](O)C[C@@H](CCc1cc(CN2CC3(CCCC3)CC2=O)c(O)c(OC2CCCC2)c1)OC(C)=O. The van der Waals surface area contributed by atoms with E-state index in [0.29, 0.717) is 50.0 Å². The molecule has 0 unspecified atom stereocenters. The molecule has 1 aromatic carbocycles. The first-order valence-electron chi connectivity index (χ1n) is 15.4. The van der Waals surface area contributed by atoms with Crippen LogP contribution < -0.4 is 4.74 Å². The van der Waals surface area contributed by atoms with Crippen LogP contribution in [0.5, 0.6) is 11.5 Å². The Morgan fingerprint density at radius 1 is 1.13 bits per heavy atom. The van der Waals surface area contributed by atoms with Gasteiger partial charge in [-0.15, -0.1) is 0 Å². The number of carbonyl (C=O) groups excluding carboxylic acids is 2. The largest absolute Gasteiger partial charge is 0.504 e. The van der Waals surface area contributed by atoms with Gasteiger partial charge in [0.2, 0.25) is 5.91 Å². The molecule has 1 amide bonds. The lowest BCUT2D eigenvalue weighted by molar-refractivity contribution is -0.148. The number of phenols is 1. The average molecular weight is 544 g/mol. The number of aryl methyl sites for hydroxylation is 1. The standard InChI is InChI=1S/C32H49NO6/c1-3-4-5-10-26(35)19-28(38-23(2)34)14-13-24-17-25(31(37)29(18-24)39-27-11-6-7-12-27)21-33-22-32(20-30(33)36)15-8-9-16-32/h17-18,26-28,35,37H,3-16,19-22H2,1-2H3/t26-,28+/m0/s1. The first-order chi connectivity index (χ1) is 18.8. The summed E-state index contributed by atoms with van der Waals surface area (Å²) in [6, 6.07) is 3.89. The predicted molar refractivity (Wildman–Crippen MR) is 151 cm³/mol. The molecule has 2 atom stereocenters. The first-order valence-corrected chi connectivity index (χ1v) is 15.4. The van der Waals surface area contributed by atoms with Crippen LogP contribution in [0.3, 0.4) is 0 Å². The van der Waals surface area contributed by atoms with E-state index in [9.17, 15) is 19.8 Å². The number of nitrogens with zero attached hydrogens (tertiary/aromatic N) is 1. The van der Waals surface area contributed by atoms with Gasteiger partial charge >= 0.3 is 5.97 Å². The van der Waals surface area contributed by atoms with E-state index in [-0.39, 0.29) is 35.2 Å². The van der Waals surface area contributed by atoms with Crippen molar-refractivity contribution < 1.29 is 29.3 Å². The summed E-state index contributed by atoms with van der Waals surface area (Å²) >= 11 is 0. The molecule has 1 spiro atoms. The smallest absolute Gasteiger partial charge is 0.302 e. The predicted octanol–water partition coefficient (Wildman–Crippen LogP) is 6.20. The molecule has 7 heteroatoms. The third-order valence-electron chi connectivity index (χ3n) is 9.00. The zero-order valence-corrected chi connectivity index (χ0v) is 24.1. The van der Waals surface area contributed by atoms with Crippen molar-refractivity contribution in [1.82, 2.24) is 4.90 Å². The minimum Gasteiger partial charge on any atom is -0.504 e. The summed E-state index contributed by atoms with van der Waals surface area (Å²) in [6.45, 7) is 4.69. The van der Waals surface area contributed by atoms with Crippen molar-refractivity contribution in [3.05, 3.63) is 23.3 Å². The normalized spacial score (nSPS) is 20.6. The van der Waals surface area contributed by atoms with Gasteiger partial charge in [0.25, 0.3) is 0 Å². The molecule has 1 aliphatic heterocycles. The van der Waals surface area contributed by atoms with E-state index in [2.05, 4.69) is 6.92 Å². The number of rotatable bonds is 14. The highest BCUT2D eigenvalue weighted by atomic mass is 16.5. The maximum atomic E-state index is 13.0. The maximum Gasteiger partial charge on any atom is 0.302 e. The molecule has 0 bridgehead atoms. The van der Waals surface area contributed by atoms with Crippen LogP contribution in [0.4, 0.5) is 0 Å². The summed E-state index contributed by atoms with van der Waals surface area (Å²) < 4.78 is 11.9. The summed E-state index contributed by atoms with van der Waals surface area (Å²) in [5.41, 5.74) is 1.81. The van der Waals surface area contributed by atoms with Gasteiger partial charge in [-0.2, -0.15) is 0 Å². The van der Waals surface area contributed by atoms with E-state index in [1.54, 1.807) is 0 Å². The molecule has 218 valence electrons. The van der Waals surface area contributed by atoms with Crippen LogP contribution in [0.2, 0.25) is 0 Å². The van der Waals surface area contributed by atoms with Gasteiger partial charge in [0.15, 0.2) is 11.5 Å². The van der Waals surface area contributed by atoms with Crippen molar-refractivity contribution in [2.24, 2.45) is 5.41 Å². The van der Waals surface area contributed by atoms with E-state index in [0.717, 1.165) is 69.9 Å². The molecule has 2 aliphatic carbocycles. The highest BCUT2D eigenvalue weighted by molar-refractivity contribution is 5.79. The highest BCUT2D eigenvalue weighted by Gasteiger charge is 2.44. The molecule has 7 nitrogen and oxygen atoms in total. The molecule has 1 heterocycles. The van der Waals surface area contributed by atoms with Gasteiger partial charge in [0.05, 0.1) is 12.2 Å². The van der Waals surface area contributed by atoms with Gasteiger partial charge in [-0.05, 0) is 74.8 Å². The zero-order chi connectivity index (χ0) is 27.8. The quantitative estimate of drug-likeness (QED) is 0.214. The topological polar surface area (TPSA) is 96.3 Å². The minimum absolute atomic E-state index is 0.0984. The lowest BCUT2D eigenvalue weighted by atomic mass is 9.85. The Labute approximate surface area is 234 Å². The molecule has 3 fully saturated rings. The number of likely N-dealkylation sites (tertiary alicyclic amines) is 1. The molecule has 1 aromatic rings. The fraction of sp³-hybridized carbons (Fsp3) is 0.750. The number of unbranched alkanes of at least 4 members (excludes halogenated alkanes) is 2. The Morgan fingerprint density at radius 3 is 2.56 bits per heavy atom. The van der Waals surface area contributed by atoms with Gasteiger partial charge in [0.1, 0.15) is 6.10 Å². The number of aliphatic hydroxyl groups excluding tert-OH is 1. The van der Waals surface area contributed by atoms with Crippen LogP contribution in [0.15, 0.2) is 12.1 Å². The summed E-state index contributed by atoms with van der Waals surface area (Å²) in [5, 5.41) is 21.8. The lowest BCUT2D eigenvalue weighted by Gasteiger charge is -2.24. The fourth-order valence-corrected chi connectivity index (χ4v) is 6.90. The van der Waals surface area contributed by atoms with Crippen LogP contribution in [0.25, 0.3) is 0 Å². The van der Waals surface area contributed by atoms with Crippen LogP contribution >= 0.6 is 0 Å². The molecule has 2 saturated carbocycles. The van der Waals surface area contributed by atoms with E-state index < -0.39 is 6.10 Å². The Hall–Kier alpha value is -2.28. The fourth-order valence-electron chi connectivity index (χ4n) is 6.90. The van der Waals surface area contributed by atoms with Crippen LogP contribution in [0.1, 0.15) is 121 Å². The number of benzene rings is 1. The summed E-state index contributed by atoms with van der Waals surface area (Å²) in [6.07, 6.45) is 14.1. The van der Waals surface area contributed by atoms with E-state index in [4.69, 9.17) is 9.47 Å². The van der Waals surface area contributed by atoms with Crippen molar-refractivity contribution in [2.45, 2.75) is 141 Å². The summed E-state index contributed by atoms with van der Waals surface area (Å²) in [5.74, 6) is 0.451. The number of hydrogen-bond donors (Lipinski definition) is 2. The zero-order valence-electron chi connectivity index (χ0n) is 24.1. The van der Waals surface area contributed by atoms with Crippen LogP contribution in [0, 0.1) is 5.41 Å². The molecule has 39 heavy (non-hydrogen) atoms. The molecule has 0 aromatic heterocycles. The number of aliphatic hydroxyl groups is 1. The second-order valence-corrected chi connectivity index (χ2v) is 12.4. The van der Waals surface area contributed by atoms with Crippen molar-refractivity contribution in [3.63, 3.8) is 0 Å². The number of amides is 1. The number of hydrogen-bond acceptors (Lipinski definition) is 6. The van der Waals surface area contributed by atoms with Gasteiger partial charge in [0, 0.05) is 38.4 Å². The van der Waals surface area contributed by atoms with E-state index >= 15 is 0 Å². The van der Waals surface area contributed by atoms with Crippen molar-refractivity contribution >= 4 is 11.9 Å². The second-order valence-electron chi connectivity index (χ2n) is 12.4. The number of ether oxygens (including phenoxy) is 2. The first kappa shape index (κ1) is 29.7. The minimum atomic E-state index is -0.498. The van der Waals surface area contributed by atoms with E-state index in [1.165, 1.54) is 19.8 Å².